The molecule has 0 saturated heterocycles. The Hall–Kier alpha value is -1.81. The van der Waals surface area contributed by atoms with Crippen molar-refractivity contribution in [1.29, 1.82) is 0 Å². The number of quaternary nitrogens is 1. The van der Waals surface area contributed by atoms with E-state index in [2.05, 4.69) is 13.8 Å². The number of likely N-dealkylation sites (N-methyl/N-ethyl adjacent to an activating group) is 1. The number of carbonyl (C=O) groups is 2. The smallest absolute Gasteiger partial charge is 0.462 e. The number of aliphatic hydroxyl groups is 1. The van der Waals surface area contributed by atoms with Crippen LogP contribution in [0.3, 0.4) is 0 Å². The monoisotopic (exact) mass is 829 g/mol. The summed E-state index contributed by atoms with van der Waals surface area (Å²) in [5.74, 6) is -0.894. The molecule has 3 atom stereocenters. The molecule has 0 bridgehead atoms. The number of phosphoric ester groups is 1. The Morgan fingerprint density at radius 1 is 0.632 bits per heavy atom. The van der Waals surface area contributed by atoms with E-state index in [1.54, 1.807) is 0 Å². The number of phosphoric acid groups is 1. The van der Waals surface area contributed by atoms with Crippen molar-refractivity contribution in [2.45, 2.75) is 199 Å². The molecule has 57 heavy (non-hydrogen) atoms. The molecule has 3 unspecified atom stereocenters. The van der Waals surface area contributed by atoms with Crippen LogP contribution in [-0.2, 0) is 32.7 Å². The lowest BCUT2D eigenvalue weighted by molar-refractivity contribution is -0.870. The highest BCUT2D eigenvalue weighted by atomic mass is 31.2. The van der Waals surface area contributed by atoms with E-state index in [0.717, 1.165) is 38.5 Å². The molecular formula is C46H87NO9P+. The topological polar surface area (TPSA) is 129 Å². The van der Waals surface area contributed by atoms with Crippen LogP contribution >= 0.6 is 7.82 Å². The van der Waals surface area contributed by atoms with E-state index < -0.39 is 38.6 Å². The lowest BCUT2D eigenvalue weighted by Gasteiger charge is -2.24. The highest BCUT2D eigenvalue weighted by Gasteiger charge is 2.27. The summed E-state index contributed by atoms with van der Waals surface area (Å²) in [6, 6.07) is 0. The number of hydrogen-bond donors (Lipinski definition) is 2. The van der Waals surface area contributed by atoms with Gasteiger partial charge in [0, 0.05) is 12.8 Å². The summed E-state index contributed by atoms with van der Waals surface area (Å²) in [7, 11) is 1.41. The van der Waals surface area contributed by atoms with Gasteiger partial charge in [-0.05, 0) is 32.1 Å². The fraction of sp³-hybridized carbons (Fsp3) is 0.826. The summed E-state index contributed by atoms with van der Waals surface area (Å²) in [5, 5.41) is 10.1. The molecule has 0 heterocycles. The lowest BCUT2D eigenvalue weighted by atomic mass is 10.0. The van der Waals surface area contributed by atoms with E-state index in [0.29, 0.717) is 23.9 Å². The van der Waals surface area contributed by atoms with Gasteiger partial charge in [0.25, 0.3) is 0 Å². The van der Waals surface area contributed by atoms with E-state index in [4.69, 9.17) is 18.5 Å². The molecule has 10 nitrogen and oxygen atoms in total. The van der Waals surface area contributed by atoms with E-state index in [1.807, 2.05) is 57.6 Å². The van der Waals surface area contributed by atoms with Crippen LogP contribution in [0.2, 0.25) is 0 Å². The number of esters is 2. The zero-order valence-electron chi connectivity index (χ0n) is 37.2. The highest BCUT2D eigenvalue weighted by molar-refractivity contribution is 7.47. The maximum Gasteiger partial charge on any atom is 0.472 e. The number of hydrogen-bond acceptors (Lipinski definition) is 8. The number of allylic oxidation sites excluding steroid dienone is 5. The zero-order chi connectivity index (χ0) is 42.3. The number of rotatable bonds is 41. The SMILES string of the molecule is CCCCCCCCCCCCCCCCCC(=O)OCC(COP(=O)(O)OCC[N+](C)(C)C)OC(=O)CCC/C=C\C/C=C\C=C/C(O)CCCCCCCC. The summed E-state index contributed by atoms with van der Waals surface area (Å²) >= 11 is 0. The maximum atomic E-state index is 12.7. The first-order valence-electron chi connectivity index (χ1n) is 22.8. The number of nitrogens with zero attached hydrogens (tertiary/aromatic N) is 1. The van der Waals surface area contributed by atoms with Crippen LogP contribution in [0, 0.1) is 0 Å². The molecule has 2 N–H and O–H groups in total. The Morgan fingerprint density at radius 2 is 1.16 bits per heavy atom. The van der Waals surface area contributed by atoms with Crippen LogP contribution < -0.4 is 0 Å². The van der Waals surface area contributed by atoms with Gasteiger partial charge in [0.1, 0.15) is 19.8 Å². The van der Waals surface area contributed by atoms with Crippen molar-refractivity contribution in [3.8, 4) is 0 Å². The highest BCUT2D eigenvalue weighted by Crippen LogP contribution is 2.43. The van der Waals surface area contributed by atoms with Gasteiger partial charge in [-0.15, -0.1) is 0 Å². The lowest BCUT2D eigenvalue weighted by Crippen LogP contribution is -2.37. The second kappa shape index (κ2) is 38.4. The minimum absolute atomic E-state index is 0.0123. The van der Waals surface area contributed by atoms with Gasteiger partial charge < -0.3 is 24.0 Å². The molecule has 334 valence electrons. The summed E-state index contributed by atoms with van der Waals surface area (Å²) in [4.78, 5) is 35.4. The zero-order valence-corrected chi connectivity index (χ0v) is 38.1. The van der Waals surface area contributed by atoms with Crippen molar-refractivity contribution in [1.82, 2.24) is 0 Å². The fourth-order valence-electron chi connectivity index (χ4n) is 6.14. The average molecular weight is 829 g/mol. The van der Waals surface area contributed by atoms with Gasteiger partial charge in [-0.25, -0.2) is 4.57 Å². The molecule has 0 spiro atoms. The maximum absolute atomic E-state index is 12.7. The Balaban J connectivity index is 4.48. The van der Waals surface area contributed by atoms with Crippen LogP contribution in [0.1, 0.15) is 187 Å². The quantitative estimate of drug-likeness (QED) is 0.0154. The van der Waals surface area contributed by atoms with Crippen LogP contribution in [0.15, 0.2) is 36.5 Å². The Morgan fingerprint density at radius 3 is 1.72 bits per heavy atom. The normalized spacial score (nSPS) is 14.4. The number of unbranched alkanes of at least 4 members (excludes halogenated alkanes) is 20. The fourth-order valence-corrected chi connectivity index (χ4v) is 6.88. The van der Waals surface area contributed by atoms with Gasteiger partial charge in [-0.3, -0.25) is 18.6 Å². The van der Waals surface area contributed by atoms with Crippen molar-refractivity contribution >= 4 is 19.8 Å². The van der Waals surface area contributed by atoms with Crippen molar-refractivity contribution in [2.24, 2.45) is 0 Å². The standard InChI is InChI=1S/C46H86NO9P/c1-6-8-10-12-14-15-16-17-18-19-20-21-25-29-33-37-45(49)53-41-44(42-55-57(51,52)54-40-39-47(3,4)5)56-46(50)38-34-30-26-23-22-24-28-32-36-43(48)35-31-27-13-11-9-7-2/h23-24,26,28,32,36,43-44,48H,6-22,25,27,29-31,33-35,37-42H2,1-5H3/p+1/b26-23-,28-24-,36-32-. The van der Waals surface area contributed by atoms with Crippen LogP contribution in [0.5, 0.6) is 0 Å². The van der Waals surface area contributed by atoms with Crippen molar-refractivity contribution in [2.75, 3.05) is 47.5 Å². The van der Waals surface area contributed by atoms with Crippen LogP contribution in [0.25, 0.3) is 0 Å². The van der Waals surface area contributed by atoms with E-state index in [-0.39, 0.29) is 26.1 Å². The van der Waals surface area contributed by atoms with Crippen LogP contribution in [0.4, 0.5) is 0 Å². The molecule has 0 rings (SSSR count). The first-order valence-corrected chi connectivity index (χ1v) is 24.3. The predicted octanol–water partition coefficient (Wildman–Crippen LogP) is 11.9. The third-order valence-electron chi connectivity index (χ3n) is 9.78. The Bertz CT molecular complexity index is 1090. The van der Waals surface area contributed by atoms with Gasteiger partial charge in [0.2, 0.25) is 0 Å². The van der Waals surface area contributed by atoms with Gasteiger partial charge in [-0.2, -0.15) is 0 Å². The molecule has 0 aliphatic rings. The third kappa shape index (κ3) is 42.1. The largest absolute Gasteiger partial charge is 0.472 e. The van der Waals surface area contributed by atoms with Crippen molar-refractivity contribution in [3.05, 3.63) is 36.5 Å². The third-order valence-corrected chi connectivity index (χ3v) is 10.8. The molecule has 0 aromatic rings. The Labute approximate surface area is 349 Å². The second-order valence-corrected chi connectivity index (χ2v) is 18.1. The molecule has 0 saturated carbocycles. The summed E-state index contributed by atoms with van der Waals surface area (Å²) < 4.78 is 34.2. The predicted molar refractivity (Wildman–Crippen MR) is 235 cm³/mol. The molecule has 0 amide bonds. The van der Waals surface area contributed by atoms with Gasteiger partial charge in [-0.1, -0.05) is 179 Å². The molecule has 0 aromatic heterocycles. The molecule has 0 fully saturated rings. The molecule has 0 aromatic carbocycles. The van der Waals surface area contributed by atoms with Gasteiger partial charge in [0.05, 0.1) is 33.9 Å². The van der Waals surface area contributed by atoms with Crippen LogP contribution in [-0.4, -0.2) is 86.1 Å². The molecule has 11 heteroatoms. The molecule has 0 aliphatic carbocycles. The number of aliphatic hydroxyl groups excluding tert-OH is 1. The second-order valence-electron chi connectivity index (χ2n) is 16.6. The summed E-state index contributed by atoms with van der Waals surface area (Å²) in [6.07, 6.45) is 39.3. The molecule has 0 radical (unpaired) electrons. The Kier molecular flexibility index (Phi) is 37.2. The van der Waals surface area contributed by atoms with E-state index in [1.165, 1.54) is 109 Å². The summed E-state index contributed by atoms with van der Waals surface area (Å²) in [5.41, 5.74) is 0. The van der Waals surface area contributed by atoms with Crippen molar-refractivity contribution in [3.63, 3.8) is 0 Å². The number of ether oxygens (including phenoxy) is 2. The minimum Gasteiger partial charge on any atom is -0.462 e. The van der Waals surface area contributed by atoms with Crippen molar-refractivity contribution < 1.29 is 47.2 Å². The molecule has 0 aliphatic heterocycles. The summed E-state index contributed by atoms with van der Waals surface area (Å²) in [6.45, 7) is 4.27. The molecular weight excluding hydrogens is 741 g/mol. The van der Waals surface area contributed by atoms with Gasteiger partial charge in [0.15, 0.2) is 6.10 Å². The van der Waals surface area contributed by atoms with E-state index >= 15 is 0 Å². The first-order chi connectivity index (χ1) is 27.4. The average Bonchev–Trinajstić information content (AvgIpc) is 3.15. The first kappa shape index (κ1) is 55.2. The number of carbonyl (C=O) groups excluding carboxylic acids is 2. The van der Waals surface area contributed by atoms with E-state index in [9.17, 15) is 24.2 Å². The van der Waals surface area contributed by atoms with Gasteiger partial charge >= 0.3 is 19.8 Å². The minimum atomic E-state index is -4.40.